The van der Waals surface area contributed by atoms with Crippen LogP contribution in [0, 0.1) is 0 Å². The number of fused-ring (bicyclic) bond motifs is 1. The highest BCUT2D eigenvalue weighted by atomic mass is 35.5. The average molecular weight is 535 g/mol. The first-order chi connectivity index (χ1) is 17.9. The number of piperidine rings is 1. The van der Waals surface area contributed by atoms with Crippen LogP contribution in [-0.4, -0.2) is 77.1 Å². The number of hydrogen-bond acceptors (Lipinski definition) is 9. The number of ether oxygens (including phenoxy) is 2. The van der Waals surface area contributed by atoms with Crippen molar-refractivity contribution in [3.63, 3.8) is 0 Å². The minimum atomic E-state index is -0.798. The van der Waals surface area contributed by atoms with Crippen LogP contribution in [-0.2, 0) is 20.7 Å². The molecule has 202 valence electrons. The van der Waals surface area contributed by atoms with Gasteiger partial charge in [-0.3, -0.25) is 4.90 Å². The van der Waals surface area contributed by atoms with Gasteiger partial charge in [0.2, 0.25) is 0 Å². The van der Waals surface area contributed by atoms with Crippen molar-refractivity contribution in [2.75, 3.05) is 32.9 Å². The van der Waals surface area contributed by atoms with Crippen molar-refractivity contribution < 1.29 is 34.4 Å². The smallest absolute Gasteiger partial charge is 0.342 e. The molecule has 37 heavy (non-hydrogen) atoms. The zero-order valence-corrected chi connectivity index (χ0v) is 21.6. The normalized spacial score (nSPS) is 23.4. The van der Waals surface area contributed by atoms with Crippen LogP contribution in [0.2, 0.25) is 5.02 Å². The lowest BCUT2D eigenvalue weighted by Crippen LogP contribution is -2.41. The van der Waals surface area contributed by atoms with Gasteiger partial charge >= 0.3 is 5.97 Å². The molecule has 2 aliphatic rings. The number of aliphatic hydroxyl groups excluding tert-OH is 1. The molecular weight excluding hydrogens is 500 g/mol. The van der Waals surface area contributed by atoms with Crippen LogP contribution in [0.4, 0.5) is 0 Å². The van der Waals surface area contributed by atoms with Crippen LogP contribution in [0.15, 0.2) is 48.2 Å². The zero-order valence-electron chi connectivity index (χ0n) is 20.9. The number of allylic oxidation sites excluding steroid dienone is 1. The molecule has 1 aromatic rings. The van der Waals surface area contributed by atoms with Gasteiger partial charge in [0.15, 0.2) is 6.61 Å². The third-order valence-electron chi connectivity index (χ3n) is 6.08. The Bertz CT molecular complexity index is 1020. The molecule has 0 saturated carbocycles. The second-order valence-electron chi connectivity index (χ2n) is 8.87. The van der Waals surface area contributed by atoms with E-state index in [2.05, 4.69) is 11.7 Å². The fourth-order valence-electron chi connectivity index (χ4n) is 4.16. The number of aliphatic hydroxyl groups is 1. The van der Waals surface area contributed by atoms with Crippen molar-refractivity contribution in [3.8, 4) is 11.5 Å². The fraction of sp³-hybridized carbons (Fsp3) is 0.481. The third-order valence-corrected chi connectivity index (χ3v) is 6.50. The fourth-order valence-corrected chi connectivity index (χ4v) is 4.38. The van der Waals surface area contributed by atoms with Gasteiger partial charge in [0.25, 0.3) is 0 Å². The average Bonchev–Trinajstić information content (AvgIpc) is 2.89. The van der Waals surface area contributed by atoms with Crippen LogP contribution in [0.25, 0.3) is 0 Å². The predicted octanol–water partition coefficient (Wildman–Crippen LogP) is 4.10. The molecule has 1 fully saturated rings. The standard InChI is InChI=1S/C27H35ClN2O7/c1-2-14-35-20-10-4-7-15-36-27(34)25-21(26(28)23(32)17-22(25)31)16-19(9-8-11-20)29-37-18-24(33)30-12-5-3-6-13-30/h2,4,8-10,17,20,24,31-33H,1,3,5-7,11-16,18H2/b9-8+,10-4+,29-19+. The molecule has 0 radical (unpaired) electrons. The summed E-state index contributed by atoms with van der Waals surface area (Å²) in [6, 6.07) is 1.01. The number of esters is 1. The molecule has 3 rings (SSSR count). The number of halogens is 1. The van der Waals surface area contributed by atoms with E-state index in [1.807, 2.05) is 23.1 Å². The summed E-state index contributed by atoms with van der Waals surface area (Å²) in [7, 11) is 0. The number of likely N-dealkylation sites (tertiary alicyclic amines) is 1. The van der Waals surface area contributed by atoms with Crippen molar-refractivity contribution in [1.82, 2.24) is 4.90 Å². The van der Waals surface area contributed by atoms with Gasteiger partial charge in [0, 0.05) is 25.6 Å². The maximum absolute atomic E-state index is 12.8. The second kappa shape index (κ2) is 14.8. The second-order valence-corrected chi connectivity index (χ2v) is 9.24. The van der Waals surface area contributed by atoms with Crippen LogP contribution in [0.1, 0.15) is 48.0 Å². The van der Waals surface area contributed by atoms with Gasteiger partial charge in [0.1, 0.15) is 23.3 Å². The summed E-state index contributed by atoms with van der Waals surface area (Å²) in [5.74, 6) is -1.60. The highest BCUT2D eigenvalue weighted by Crippen LogP contribution is 2.37. The quantitative estimate of drug-likeness (QED) is 0.271. The summed E-state index contributed by atoms with van der Waals surface area (Å²) in [5, 5.41) is 35.2. The highest BCUT2D eigenvalue weighted by molar-refractivity contribution is 6.33. The van der Waals surface area contributed by atoms with Crippen LogP contribution < -0.4 is 0 Å². The van der Waals surface area contributed by atoms with E-state index in [-0.39, 0.29) is 47.6 Å². The molecule has 1 aromatic carbocycles. The number of rotatable bonds is 7. The van der Waals surface area contributed by atoms with Crippen molar-refractivity contribution >= 4 is 23.3 Å². The molecule has 2 atom stereocenters. The number of nitrogens with zero attached hydrogens (tertiary/aromatic N) is 2. The van der Waals surface area contributed by atoms with Gasteiger partial charge in [-0.2, -0.15) is 0 Å². The van der Waals surface area contributed by atoms with Crippen molar-refractivity contribution in [2.45, 2.75) is 50.9 Å². The molecule has 0 spiro atoms. The van der Waals surface area contributed by atoms with E-state index in [1.54, 1.807) is 12.2 Å². The van der Waals surface area contributed by atoms with Gasteiger partial charge in [-0.05, 0) is 37.3 Å². The molecule has 10 heteroatoms. The number of phenols is 2. The molecule has 0 bridgehead atoms. The Kier molecular flexibility index (Phi) is 11.5. The lowest BCUT2D eigenvalue weighted by molar-refractivity contribution is -0.0644. The first-order valence-electron chi connectivity index (χ1n) is 12.5. The van der Waals surface area contributed by atoms with E-state index < -0.39 is 17.9 Å². The molecular formula is C27H35ClN2O7. The van der Waals surface area contributed by atoms with Crippen molar-refractivity contribution in [2.24, 2.45) is 5.16 Å². The number of carbonyl (C=O) groups is 1. The maximum Gasteiger partial charge on any atom is 0.342 e. The van der Waals surface area contributed by atoms with Crippen molar-refractivity contribution in [3.05, 3.63) is 59.2 Å². The predicted molar refractivity (Wildman–Crippen MR) is 141 cm³/mol. The molecule has 1 saturated heterocycles. The lowest BCUT2D eigenvalue weighted by atomic mass is 9.99. The molecule has 2 heterocycles. The summed E-state index contributed by atoms with van der Waals surface area (Å²) in [6.45, 7) is 5.68. The van der Waals surface area contributed by atoms with E-state index in [4.69, 9.17) is 25.9 Å². The van der Waals surface area contributed by atoms with Gasteiger partial charge in [-0.15, -0.1) is 6.58 Å². The number of cyclic esters (lactones) is 1. The van der Waals surface area contributed by atoms with Gasteiger partial charge < -0.3 is 29.6 Å². The SMILES string of the molecule is C=CCOC1/C=C/CCOC(=O)c2c(O)cc(O)c(Cl)c2CC(=N/OCC(O)N2CCCCC2)/C=C/C1. The number of hydrogen-bond donors (Lipinski definition) is 3. The van der Waals surface area contributed by atoms with E-state index in [9.17, 15) is 20.1 Å². The Morgan fingerprint density at radius 1 is 1.24 bits per heavy atom. The Balaban J connectivity index is 1.89. The van der Waals surface area contributed by atoms with Crippen molar-refractivity contribution in [1.29, 1.82) is 0 Å². The third kappa shape index (κ3) is 8.60. The summed E-state index contributed by atoms with van der Waals surface area (Å²) in [5.41, 5.74) is 0.362. The molecule has 2 unspecified atom stereocenters. The van der Waals surface area contributed by atoms with E-state index in [1.165, 1.54) is 0 Å². The Morgan fingerprint density at radius 3 is 2.78 bits per heavy atom. The van der Waals surface area contributed by atoms with Gasteiger partial charge in [-0.25, -0.2) is 4.79 Å². The monoisotopic (exact) mass is 534 g/mol. The minimum absolute atomic E-state index is 0.0426. The Morgan fingerprint density at radius 2 is 2.03 bits per heavy atom. The molecule has 0 amide bonds. The van der Waals surface area contributed by atoms with E-state index in [0.29, 0.717) is 25.2 Å². The number of oxime groups is 1. The lowest BCUT2D eigenvalue weighted by Gasteiger charge is -2.30. The number of aromatic hydroxyl groups is 2. The molecule has 3 N–H and O–H groups in total. The van der Waals surface area contributed by atoms with Crippen LogP contribution in [0.3, 0.4) is 0 Å². The van der Waals surface area contributed by atoms with E-state index in [0.717, 1.165) is 38.4 Å². The molecule has 0 aromatic heterocycles. The molecule has 2 aliphatic heterocycles. The number of carbonyl (C=O) groups excluding carboxylic acids is 1. The van der Waals surface area contributed by atoms with Gasteiger partial charge in [-0.1, -0.05) is 47.5 Å². The molecule has 9 nitrogen and oxygen atoms in total. The summed E-state index contributed by atoms with van der Waals surface area (Å²) >= 11 is 6.36. The zero-order chi connectivity index (χ0) is 26.6. The topological polar surface area (TPSA) is 121 Å². The number of phenolic OH excluding ortho intramolecular Hbond substituents is 2. The Labute approximate surface area is 222 Å². The summed E-state index contributed by atoms with van der Waals surface area (Å²) in [6.07, 6.45) is 12.0. The molecule has 0 aliphatic carbocycles. The number of benzene rings is 1. The van der Waals surface area contributed by atoms with Crippen LogP contribution in [0.5, 0.6) is 11.5 Å². The summed E-state index contributed by atoms with van der Waals surface area (Å²) < 4.78 is 11.1. The largest absolute Gasteiger partial charge is 0.507 e. The van der Waals surface area contributed by atoms with Gasteiger partial charge in [0.05, 0.1) is 30.1 Å². The first kappa shape index (κ1) is 28.7. The maximum atomic E-state index is 12.8. The summed E-state index contributed by atoms with van der Waals surface area (Å²) in [4.78, 5) is 20.3. The van der Waals surface area contributed by atoms with Crippen LogP contribution >= 0.6 is 11.6 Å². The highest BCUT2D eigenvalue weighted by Gasteiger charge is 2.25. The first-order valence-corrected chi connectivity index (χ1v) is 12.9. The Hall–Kier alpha value is -2.85. The minimum Gasteiger partial charge on any atom is -0.507 e. The van der Waals surface area contributed by atoms with E-state index >= 15 is 0 Å².